The average molecular weight is 228 g/mol. The topological polar surface area (TPSA) is 38.3 Å². The summed E-state index contributed by atoms with van der Waals surface area (Å²) in [5.41, 5.74) is 0.964. The fourth-order valence-electron chi connectivity index (χ4n) is 0.998. The third-order valence-corrected chi connectivity index (χ3v) is 1.89. The van der Waals surface area contributed by atoms with E-state index in [4.69, 9.17) is 16.3 Å². The first-order valence-electron chi connectivity index (χ1n) is 4.77. The predicted molar refractivity (Wildman–Crippen MR) is 59.9 cm³/mol. The Morgan fingerprint density at radius 2 is 2.13 bits per heavy atom. The van der Waals surface area contributed by atoms with Crippen molar-refractivity contribution < 1.29 is 9.53 Å². The molecule has 0 saturated heterocycles. The van der Waals surface area contributed by atoms with Crippen LogP contribution in [-0.2, 0) is 11.3 Å². The summed E-state index contributed by atoms with van der Waals surface area (Å²) in [7, 11) is 0. The summed E-state index contributed by atoms with van der Waals surface area (Å²) >= 11 is 5.67. The Bertz CT molecular complexity index is 301. The second-order valence-electron chi connectivity index (χ2n) is 3.22. The van der Waals surface area contributed by atoms with E-state index in [1.165, 1.54) is 0 Å². The first-order chi connectivity index (χ1) is 7.18. The summed E-state index contributed by atoms with van der Waals surface area (Å²) in [5, 5.41) is 2.47. The van der Waals surface area contributed by atoms with Gasteiger partial charge in [0.25, 0.3) is 0 Å². The van der Waals surface area contributed by atoms with Crippen LogP contribution in [0.1, 0.15) is 12.5 Å². The van der Waals surface area contributed by atoms with Gasteiger partial charge in [0, 0.05) is 11.9 Å². The summed E-state index contributed by atoms with van der Waals surface area (Å²) < 4.78 is 4.97. The number of carbonyl (C=O) groups is 1. The molecule has 1 N–H and O–H groups in total. The van der Waals surface area contributed by atoms with E-state index >= 15 is 0 Å². The molecule has 0 aromatic heterocycles. The van der Waals surface area contributed by atoms with E-state index in [0.29, 0.717) is 6.54 Å². The minimum atomic E-state index is -0.439. The first-order valence-corrected chi connectivity index (χ1v) is 5.20. The van der Waals surface area contributed by atoms with Gasteiger partial charge in [-0.1, -0.05) is 30.3 Å². The SMILES string of the molecule is C[C@H](Cl)CNC(=O)OCc1ccccc1. The number of nitrogens with one attached hydrogen (secondary N) is 1. The van der Waals surface area contributed by atoms with Crippen molar-refractivity contribution in [1.29, 1.82) is 0 Å². The van der Waals surface area contributed by atoms with Crippen molar-refractivity contribution in [2.75, 3.05) is 6.54 Å². The molecule has 0 fully saturated rings. The molecule has 1 atom stereocenters. The summed E-state index contributed by atoms with van der Waals surface area (Å²) in [4.78, 5) is 11.1. The van der Waals surface area contributed by atoms with Gasteiger partial charge in [-0.15, -0.1) is 11.6 Å². The quantitative estimate of drug-likeness (QED) is 0.803. The molecule has 0 aliphatic rings. The van der Waals surface area contributed by atoms with Crippen LogP contribution in [0.5, 0.6) is 0 Å². The largest absolute Gasteiger partial charge is 0.445 e. The van der Waals surface area contributed by atoms with Crippen LogP contribution in [0.25, 0.3) is 0 Å². The average Bonchev–Trinajstić information content (AvgIpc) is 2.25. The number of benzene rings is 1. The second kappa shape index (κ2) is 6.30. The molecule has 0 unspecified atom stereocenters. The van der Waals surface area contributed by atoms with Crippen molar-refractivity contribution in [2.45, 2.75) is 18.9 Å². The Morgan fingerprint density at radius 3 is 2.73 bits per heavy atom. The highest BCUT2D eigenvalue weighted by molar-refractivity contribution is 6.20. The van der Waals surface area contributed by atoms with Gasteiger partial charge in [-0.25, -0.2) is 4.79 Å². The second-order valence-corrected chi connectivity index (χ2v) is 3.97. The summed E-state index contributed by atoms with van der Waals surface area (Å²) in [6, 6.07) is 9.52. The van der Waals surface area contributed by atoms with Crippen LogP contribution >= 0.6 is 11.6 Å². The molecule has 0 aliphatic heterocycles. The van der Waals surface area contributed by atoms with Crippen LogP contribution in [0.15, 0.2) is 30.3 Å². The van der Waals surface area contributed by atoms with Crippen molar-refractivity contribution in [3.05, 3.63) is 35.9 Å². The molecule has 1 amide bonds. The molecule has 1 rings (SSSR count). The Kier molecular flexibility index (Phi) is 4.98. The molecule has 4 heteroatoms. The van der Waals surface area contributed by atoms with Gasteiger partial charge in [0.2, 0.25) is 0 Å². The molecule has 0 aliphatic carbocycles. The highest BCUT2D eigenvalue weighted by Crippen LogP contribution is 2.00. The van der Waals surface area contributed by atoms with Gasteiger partial charge >= 0.3 is 6.09 Å². The van der Waals surface area contributed by atoms with Crippen LogP contribution in [0.2, 0.25) is 0 Å². The fraction of sp³-hybridized carbons (Fsp3) is 0.364. The van der Waals surface area contributed by atoms with Crippen LogP contribution in [-0.4, -0.2) is 18.0 Å². The van der Waals surface area contributed by atoms with Gasteiger partial charge in [-0.2, -0.15) is 0 Å². The molecular weight excluding hydrogens is 214 g/mol. The lowest BCUT2D eigenvalue weighted by atomic mass is 10.2. The molecule has 1 aromatic carbocycles. The molecule has 1 aromatic rings. The Hall–Kier alpha value is -1.22. The summed E-state index contributed by atoms with van der Waals surface area (Å²) in [6.07, 6.45) is -0.439. The van der Waals surface area contributed by atoms with Crippen LogP contribution in [0.3, 0.4) is 0 Å². The minimum Gasteiger partial charge on any atom is -0.445 e. The normalized spacial score (nSPS) is 11.9. The lowest BCUT2D eigenvalue weighted by Gasteiger charge is -2.07. The Balaban J connectivity index is 2.23. The van der Waals surface area contributed by atoms with Crippen LogP contribution in [0, 0.1) is 0 Å². The standard InChI is InChI=1S/C11H14ClNO2/c1-9(12)7-13-11(14)15-8-10-5-3-2-4-6-10/h2-6,9H,7-8H2,1H3,(H,13,14)/t9-/m0/s1. The number of amides is 1. The molecule has 3 nitrogen and oxygen atoms in total. The summed E-state index contributed by atoms with van der Waals surface area (Å²) in [6.45, 7) is 2.50. The van der Waals surface area contributed by atoms with Crippen molar-refractivity contribution in [3.8, 4) is 0 Å². The number of hydrogen-bond donors (Lipinski definition) is 1. The molecule has 0 bridgehead atoms. The minimum absolute atomic E-state index is 0.0886. The van der Waals surface area contributed by atoms with Gasteiger partial charge in [0.15, 0.2) is 0 Å². The van der Waals surface area contributed by atoms with Crippen molar-refractivity contribution in [2.24, 2.45) is 0 Å². The fourth-order valence-corrected chi connectivity index (χ4v) is 1.08. The van der Waals surface area contributed by atoms with Crippen molar-refractivity contribution >= 4 is 17.7 Å². The van der Waals surface area contributed by atoms with Gasteiger partial charge in [-0.05, 0) is 12.5 Å². The van der Waals surface area contributed by atoms with E-state index in [2.05, 4.69) is 5.32 Å². The number of ether oxygens (including phenoxy) is 1. The monoisotopic (exact) mass is 227 g/mol. The van der Waals surface area contributed by atoms with Crippen molar-refractivity contribution in [1.82, 2.24) is 5.32 Å². The summed E-state index contributed by atoms with van der Waals surface area (Å²) in [5.74, 6) is 0. The lowest BCUT2D eigenvalue weighted by Crippen LogP contribution is -2.29. The molecule has 0 saturated carbocycles. The predicted octanol–water partition coefficient (Wildman–Crippen LogP) is 2.54. The Morgan fingerprint density at radius 1 is 1.47 bits per heavy atom. The number of alkyl halides is 1. The van der Waals surface area contributed by atoms with Crippen molar-refractivity contribution in [3.63, 3.8) is 0 Å². The highest BCUT2D eigenvalue weighted by atomic mass is 35.5. The number of halogens is 1. The molecule has 82 valence electrons. The molecule has 0 radical (unpaired) electrons. The maximum Gasteiger partial charge on any atom is 0.407 e. The van der Waals surface area contributed by atoms with Gasteiger partial charge in [0.1, 0.15) is 6.61 Å². The smallest absolute Gasteiger partial charge is 0.407 e. The van der Waals surface area contributed by atoms with Gasteiger partial charge < -0.3 is 10.1 Å². The zero-order valence-corrected chi connectivity index (χ0v) is 9.33. The number of hydrogen-bond acceptors (Lipinski definition) is 2. The van der Waals surface area contributed by atoms with E-state index in [9.17, 15) is 4.79 Å². The van der Waals surface area contributed by atoms with Gasteiger partial charge in [0.05, 0.1) is 0 Å². The molecular formula is C11H14ClNO2. The molecule has 0 spiro atoms. The van der Waals surface area contributed by atoms with E-state index in [1.54, 1.807) is 6.92 Å². The number of carbonyl (C=O) groups excluding carboxylic acids is 1. The first kappa shape index (κ1) is 11.9. The van der Waals surface area contributed by atoms with E-state index < -0.39 is 6.09 Å². The zero-order valence-electron chi connectivity index (χ0n) is 8.57. The van der Waals surface area contributed by atoms with Crippen LogP contribution < -0.4 is 5.32 Å². The van der Waals surface area contributed by atoms with E-state index in [0.717, 1.165) is 5.56 Å². The zero-order chi connectivity index (χ0) is 11.1. The lowest BCUT2D eigenvalue weighted by molar-refractivity contribution is 0.140. The number of alkyl carbamates (subject to hydrolysis) is 1. The van der Waals surface area contributed by atoms with E-state index in [-0.39, 0.29) is 12.0 Å². The van der Waals surface area contributed by atoms with E-state index in [1.807, 2.05) is 30.3 Å². The molecule has 0 heterocycles. The van der Waals surface area contributed by atoms with Gasteiger partial charge in [-0.3, -0.25) is 0 Å². The highest BCUT2D eigenvalue weighted by Gasteiger charge is 2.03. The maximum absolute atomic E-state index is 11.1. The third kappa shape index (κ3) is 5.27. The Labute approximate surface area is 94.4 Å². The van der Waals surface area contributed by atoms with Crippen LogP contribution in [0.4, 0.5) is 4.79 Å². The molecule has 15 heavy (non-hydrogen) atoms. The maximum atomic E-state index is 11.1. The third-order valence-electron chi connectivity index (χ3n) is 1.74. The number of rotatable bonds is 4.